The van der Waals surface area contributed by atoms with Gasteiger partial charge in [0.05, 0.1) is 10.4 Å². The minimum absolute atomic E-state index is 0.135. The Labute approximate surface area is 150 Å². The lowest BCUT2D eigenvalue weighted by Gasteiger charge is -2.10. The lowest BCUT2D eigenvalue weighted by molar-refractivity contribution is 0.0980. The van der Waals surface area contributed by atoms with E-state index in [-0.39, 0.29) is 10.7 Å². The molecule has 6 heteroatoms. The summed E-state index contributed by atoms with van der Waals surface area (Å²) < 4.78 is 27.3. The van der Waals surface area contributed by atoms with Crippen LogP contribution >= 0.6 is 11.8 Å². The van der Waals surface area contributed by atoms with E-state index in [9.17, 15) is 13.2 Å². The Morgan fingerprint density at radius 1 is 1.08 bits per heavy atom. The predicted molar refractivity (Wildman–Crippen MR) is 100.0 cm³/mol. The van der Waals surface area contributed by atoms with Crippen molar-refractivity contribution in [2.24, 2.45) is 0 Å². The molecule has 0 N–H and O–H groups in total. The molecule has 0 radical (unpaired) electrons. The molecule has 0 spiro atoms. The molecule has 0 saturated heterocycles. The maximum atomic E-state index is 13.0. The number of carbonyl (C=O) groups excluding carboxylic acids is 1. The van der Waals surface area contributed by atoms with Gasteiger partial charge in [0.25, 0.3) is 10.0 Å². The van der Waals surface area contributed by atoms with E-state index in [1.54, 1.807) is 48.3 Å². The van der Waals surface area contributed by atoms with E-state index in [4.69, 9.17) is 0 Å². The molecule has 2 heterocycles. The predicted octanol–water partition coefficient (Wildman–Crippen LogP) is 4.26. The number of benzene rings is 2. The molecule has 1 aliphatic heterocycles. The molecule has 1 aromatic heterocycles. The first-order valence-corrected chi connectivity index (χ1v) is 10.5. The third-order valence-corrected chi connectivity index (χ3v) is 7.29. The first-order chi connectivity index (χ1) is 12.0. The summed E-state index contributed by atoms with van der Waals surface area (Å²) in [6.45, 7) is 1.92. The fourth-order valence-corrected chi connectivity index (χ4v) is 5.44. The van der Waals surface area contributed by atoms with Crippen molar-refractivity contribution in [1.82, 2.24) is 3.97 Å². The van der Waals surface area contributed by atoms with E-state index in [1.807, 2.05) is 19.1 Å². The Morgan fingerprint density at radius 2 is 1.84 bits per heavy atom. The summed E-state index contributed by atoms with van der Waals surface area (Å²) in [7, 11) is -3.67. The van der Waals surface area contributed by atoms with Crippen LogP contribution in [0.5, 0.6) is 0 Å². The molecule has 4 nitrogen and oxygen atoms in total. The van der Waals surface area contributed by atoms with Crippen molar-refractivity contribution >= 4 is 38.5 Å². The maximum absolute atomic E-state index is 13.0. The second-order valence-electron chi connectivity index (χ2n) is 6.21. The number of ketones is 1. The largest absolute Gasteiger partial charge is 0.294 e. The van der Waals surface area contributed by atoms with Crippen LogP contribution in [-0.4, -0.2) is 23.9 Å². The van der Waals surface area contributed by atoms with Crippen molar-refractivity contribution in [3.8, 4) is 0 Å². The molecule has 0 bridgehead atoms. The van der Waals surface area contributed by atoms with E-state index < -0.39 is 10.0 Å². The molecule has 1 aliphatic rings. The normalized spacial score (nSPS) is 15.2. The molecule has 3 aromatic rings. The fraction of sp³-hybridized carbons (Fsp3) is 0.211. The van der Waals surface area contributed by atoms with E-state index in [2.05, 4.69) is 0 Å². The van der Waals surface area contributed by atoms with Gasteiger partial charge in [-0.3, -0.25) is 4.79 Å². The van der Waals surface area contributed by atoms with Crippen LogP contribution in [-0.2, 0) is 10.0 Å². The van der Waals surface area contributed by atoms with Crippen LogP contribution in [0.3, 0.4) is 0 Å². The molecule has 2 aromatic carbocycles. The first-order valence-electron chi connectivity index (χ1n) is 8.10. The Hall–Kier alpha value is -2.05. The number of hydrogen-bond donors (Lipinski definition) is 0. The molecule has 4 rings (SSSR count). The molecule has 0 amide bonds. The number of aromatic nitrogens is 1. The number of Topliss-reactive ketones (excluding diaryl/α,β-unsaturated/α-hetero) is 1. The van der Waals surface area contributed by atoms with Gasteiger partial charge in [0, 0.05) is 28.5 Å². The van der Waals surface area contributed by atoms with E-state index >= 15 is 0 Å². The number of rotatable bonds is 2. The minimum atomic E-state index is -3.67. The zero-order valence-corrected chi connectivity index (χ0v) is 15.4. The summed E-state index contributed by atoms with van der Waals surface area (Å²) in [5.41, 5.74) is 2.33. The highest BCUT2D eigenvalue weighted by Crippen LogP contribution is 2.34. The molecule has 0 aliphatic carbocycles. The van der Waals surface area contributed by atoms with E-state index in [0.717, 1.165) is 28.0 Å². The Bertz CT molecular complexity index is 1080. The number of hydrogen-bond acceptors (Lipinski definition) is 4. The van der Waals surface area contributed by atoms with Gasteiger partial charge in [0.2, 0.25) is 0 Å². The highest BCUT2D eigenvalue weighted by molar-refractivity contribution is 7.99. The average Bonchev–Trinajstić information content (AvgIpc) is 2.93. The van der Waals surface area contributed by atoms with Crippen LogP contribution in [0.4, 0.5) is 0 Å². The van der Waals surface area contributed by atoms with Gasteiger partial charge >= 0.3 is 0 Å². The molecule has 0 saturated carbocycles. The molecular weight excluding hydrogens is 354 g/mol. The number of carbonyl (C=O) groups is 1. The SMILES string of the molecule is Cc1ccc(S(=O)(=O)n2ccc3cc4c(cc32)SCCCC4=O)cc1. The summed E-state index contributed by atoms with van der Waals surface area (Å²) >= 11 is 1.62. The van der Waals surface area contributed by atoms with E-state index in [1.165, 1.54) is 3.97 Å². The van der Waals surface area contributed by atoms with Crippen molar-refractivity contribution in [2.45, 2.75) is 29.6 Å². The zero-order valence-electron chi connectivity index (χ0n) is 13.7. The maximum Gasteiger partial charge on any atom is 0.268 e. The Kier molecular flexibility index (Phi) is 3.96. The standard InChI is InChI=1S/C19H17NO3S2/c1-13-4-6-15(7-5-13)25(22,23)20-9-8-14-11-16-18(21)3-2-10-24-19(16)12-17(14)20/h4-9,11-12H,2-3,10H2,1H3. The summed E-state index contributed by atoms with van der Waals surface area (Å²) in [5, 5.41) is 0.769. The third kappa shape index (κ3) is 2.79. The Balaban J connectivity index is 1.90. The first kappa shape index (κ1) is 16.4. The second-order valence-corrected chi connectivity index (χ2v) is 9.16. The molecule has 0 unspecified atom stereocenters. The van der Waals surface area contributed by atoms with Crippen LogP contribution < -0.4 is 0 Å². The van der Waals surface area contributed by atoms with Gasteiger partial charge in [-0.2, -0.15) is 0 Å². The highest BCUT2D eigenvalue weighted by atomic mass is 32.2. The topological polar surface area (TPSA) is 56.1 Å². The molecule has 128 valence electrons. The van der Waals surface area contributed by atoms with Gasteiger partial charge < -0.3 is 0 Å². The van der Waals surface area contributed by atoms with Gasteiger partial charge in [-0.25, -0.2) is 12.4 Å². The van der Waals surface area contributed by atoms with Crippen LogP contribution in [0.15, 0.2) is 58.5 Å². The average molecular weight is 371 g/mol. The Morgan fingerprint density at radius 3 is 2.60 bits per heavy atom. The number of fused-ring (bicyclic) bond motifs is 2. The fourth-order valence-electron chi connectivity index (χ4n) is 3.06. The molecular formula is C19H17NO3S2. The summed E-state index contributed by atoms with van der Waals surface area (Å²) in [4.78, 5) is 13.4. The monoisotopic (exact) mass is 371 g/mol. The number of aryl methyl sites for hydroxylation is 1. The third-order valence-electron chi connectivity index (χ3n) is 4.44. The van der Waals surface area contributed by atoms with Crippen molar-refractivity contribution < 1.29 is 13.2 Å². The zero-order chi connectivity index (χ0) is 17.6. The smallest absolute Gasteiger partial charge is 0.268 e. The van der Waals surface area contributed by atoms with Crippen molar-refractivity contribution in [3.05, 3.63) is 59.8 Å². The van der Waals surface area contributed by atoms with Gasteiger partial charge in [0.15, 0.2) is 5.78 Å². The summed E-state index contributed by atoms with van der Waals surface area (Å²) in [6, 6.07) is 12.2. The van der Waals surface area contributed by atoms with Gasteiger partial charge in [-0.05, 0) is 49.4 Å². The lowest BCUT2D eigenvalue weighted by Crippen LogP contribution is -2.12. The second kappa shape index (κ2) is 6.04. The van der Waals surface area contributed by atoms with E-state index in [0.29, 0.717) is 17.5 Å². The van der Waals surface area contributed by atoms with Crippen molar-refractivity contribution in [2.75, 3.05) is 5.75 Å². The molecule has 25 heavy (non-hydrogen) atoms. The minimum Gasteiger partial charge on any atom is -0.294 e. The van der Waals surface area contributed by atoms with Crippen molar-refractivity contribution in [1.29, 1.82) is 0 Å². The van der Waals surface area contributed by atoms with Gasteiger partial charge in [-0.15, -0.1) is 11.8 Å². The number of thioether (sulfide) groups is 1. The molecule has 0 fully saturated rings. The lowest BCUT2D eigenvalue weighted by atomic mass is 10.1. The van der Waals surface area contributed by atoms with Crippen LogP contribution in [0.1, 0.15) is 28.8 Å². The summed E-state index contributed by atoms with van der Waals surface area (Å²) in [6.07, 6.45) is 2.96. The van der Waals surface area contributed by atoms with Crippen LogP contribution in [0.25, 0.3) is 10.9 Å². The molecule has 0 atom stereocenters. The van der Waals surface area contributed by atoms with Crippen LogP contribution in [0.2, 0.25) is 0 Å². The van der Waals surface area contributed by atoms with Gasteiger partial charge in [0.1, 0.15) is 0 Å². The highest BCUT2D eigenvalue weighted by Gasteiger charge is 2.22. The van der Waals surface area contributed by atoms with Gasteiger partial charge in [-0.1, -0.05) is 17.7 Å². The number of nitrogens with zero attached hydrogens (tertiary/aromatic N) is 1. The quantitative estimate of drug-likeness (QED) is 0.675. The summed E-state index contributed by atoms with van der Waals surface area (Å²) in [5.74, 6) is 1.01. The van der Waals surface area contributed by atoms with Crippen molar-refractivity contribution in [3.63, 3.8) is 0 Å². The van der Waals surface area contributed by atoms with Crippen LogP contribution in [0, 0.1) is 6.92 Å².